The van der Waals surface area contributed by atoms with E-state index in [1.165, 1.54) is 11.3 Å². The summed E-state index contributed by atoms with van der Waals surface area (Å²) in [6.45, 7) is 0.637. The summed E-state index contributed by atoms with van der Waals surface area (Å²) in [7, 11) is 0. The van der Waals surface area contributed by atoms with Crippen molar-refractivity contribution >= 4 is 26.4 Å². The van der Waals surface area contributed by atoms with Crippen molar-refractivity contribution in [1.29, 1.82) is 10.7 Å². The first-order valence-corrected chi connectivity index (χ1v) is 11.2. The Labute approximate surface area is 188 Å². The Bertz CT molecular complexity index is 1520. The number of nitrogens with zero attached hydrogens (tertiary/aromatic N) is 4. The molecule has 5 rings (SSSR count). The Morgan fingerprint density at radius 3 is 2.66 bits per heavy atom. The Kier molecular flexibility index (Phi) is 5.31. The first-order valence-electron chi connectivity index (χ1n) is 10.4. The van der Waals surface area contributed by atoms with Gasteiger partial charge in [-0.05, 0) is 36.1 Å². The Morgan fingerprint density at radius 1 is 1.09 bits per heavy atom. The highest BCUT2D eigenvalue weighted by molar-refractivity contribution is 7.24. The van der Waals surface area contributed by atoms with Crippen molar-refractivity contribution in [1.82, 2.24) is 14.0 Å². The third-order valence-corrected chi connectivity index (χ3v) is 6.77. The van der Waals surface area contributed by atoms with E-state index >= 15 is 0 Å². The second-order valence-electron chi connectivity index (χ2n) is 7.59. The van der Waals surface area contributed by atoms with Gasteiger partial charge in [-0.3, -0.25) is 9.81 Å². The van der Waals surface area contributed by atoms with Crippen molar-refractivity contribution < 1.29 is 5.11 Å². The average molecular weight is 440 g/mol. The van der Waals surface area contributed by atoms with Crippen LogP contribution in [0, 0.1) is 16.7 Å². The van der Waals surface area contributed by atoms with Crippen LogP contribution in [0.25, 0.3) is 26.4 Å². The lowest BCUT2D eigenvalue weighted by molar-refractivity contribution is 0.288. The number of aliphatic hydroxyl groups excluding tert-OH is 1. The van der Waals surface area contributed by atoms with E-state index in [-0.39, 0.29) is 6.61 Å². The van der Waals surface area contributed by atoms with Crippen LogP contribution in [0.5, 0.6) is 0 Å². The number of aromatic nitrogens is 3. The molecule has 0 bridgehead atoms. The lowest BCUT2D eigenvalue weighted by Gasteiger charge is -2.15. The minimum Gasteiger partial charge on any atom is -0.396 e. The molecule has 0 aliphatic rings. The van der Waals surface area contributed by atoms with Gasteiger partial charge < -0.3 is 9.67 Å². The molecule has 3 heterocycles. The molecule has 0 radical (unpaired) electrons. The minimum absolute atomic E-state index is 0.0215. The van der Waals surface area contributed by atoms with Crippen LogP contribution in [0.3, 0.4) is 0 Å². The highest BCUT2D eigenvalue weighted by Crippen LogP contribution is 2.33. The first-order chi connectivity index (χ1) is 15.7. The van der Waals surface area contributed by atoms with Gasteiger partial charge in [-0.25, -0.2) is 4.98 Å². The summed E-state index contributed by atoms with van der Waals surface area (Å²) in [5.41, 5.74) is 4.33. The summed E-state index contributed by atoms with van der Waals surface area (Å²) >= 11 is 1.52. The number of fused-ring (bicyclic) bond motifs is 3. The predicted molar refractivity (Wildman–Crippen MR) is 126 cm³/mol. The average Bonchev–Trinajstić information content (AvgIpc) is 3.43. The summed E-state index contributed by atoms with van der Waals surface area (Å²) in [4.78, 5) is 5.38. The number of nitrogens with one attached hydrogen (secondary N) is 1. The summed E-state index contributed by atoms with van der Waals surface area (Å²) in [6, 6.07) is 20.4. The molecule has 2 aromatic carbocycles. The fourth-order valence-electron chi connectivity index (χ4n) is 4.19. The molecule has 32 heavy (non-hydrogen) atoms. The van der Waals surface area contributed by atoms with E-state index in [2.05, 4.69) is 23.2 Å². The Morgan fingerprint density at radius 2 is 1.88 bits per heavy atom. The van der Waals surface area contributed by atoms with Crippen molar-refractivity contribution in [3.05, 3.63) is 89.2 Å². The number of nitriles is 1. The lowest BCUT2D eigenvalue weighted by atomic mass is 9.98. The summed E-state index contributed by atoms with van der Waals surface area (Å²) in [5.74, 6) is 0.660. The summed E-state index contributed by atoms with van der Waals surface area (Å²) < 4.78 is 4.90. The molecule has 0 fully saturated rings. The maximum absolute atomic E-state index is 10.2. The molecule has 0 saturated carbocycles. The third kappa shape index (κ3) is 3.30. The van der Waals surface area contributed by atoms with Gasteiger partial charge in [0.1, 0.15) is 22.2 Å². The van der Waals surface area contributed by atoms with E-state index in [0.717, 1.165) is 26.2 Å². The van der Waals surface area contributed by atoms with E-state index in [9.17, 15) is 15.8 Å². The molecule has 0 spiro atoms. The number of benzene rings is 2. The topological polar surface area (TPSA) is 90.1 Å². The zero-order valence-corrected chi connectivity index (χ0v) is 18.1. The van der Waals surface area contributed by atoms with Crippen LogP contribution in [0.4, 0.5) is 0 Å². The number of pyridine rings is 1. The van der Waals surface area contributed by atoms with Gasteiger partial charge in [0.2, 0.25) is 0 Å². The van der Waals surface area contributed by atoms with E-state index in [1.807, 2.05) is 57.6 Å². The van der Waals surface area contributed by atoms with E-state index in [0.29, 0.717) is 41.8 Å². The van der Waals surface area contributed by atoms with Crippen LogP contribution in [0.1, 0.15) is 23.1 Å². The van der Waals surface area contributed by atoms with E-state index in [1.54, 1.807) is 6.20 Å². The number of rotatable bonds is 6. The highest BCUT2D eigenvalue weighted by atomic mass is 32.1. The van der Waals surface area contributed by atoms with Gasteiger partial charge in [-0.15, -0.1) is 11.3 Å². The normalized spacial score (nSPS) is 11.2. The molecular weight excluding hydrogens is 418 g/mol. The maximum atomic E-state index is 10.2. The molecule has 0 amide bonds. The van der Waals surface area contributed by atoms with Crippen LogP contribution >= 0.6 is 11.3 Å². The molecule has 7 heteroatoms. The summed E-state index contributed by atoms with van der Waals surface area (Å²) in [6.07, 6.45) is 4.66. The molecule has 0 aliphatic carbocycles. The Balaban J connectivity index is 1.82. The number of para-hydroxylation sites is 1. The SMILES string of the molecule is N#Cc1c(CCCO)c(-c2nccn2Cc2ccccc2)c(=N)n2c1sc1ccccc12. The van der Waals surface area contributed by atoms with E-state index in [4.69, 9.17) is 0 Å². The van der Waals surface area contributed by atoms with Crippen molar-refractivity contribution in [3.8, 4) is 17.5 Å². The molecule has 6 nitrogen and oxygen atoms in total. The number of hydrogen-bond donors (Lipinski definition) is 2. The number of hydrogen-bond acceptors (Lipinski definition) is 5. The number of imidazole rings is 1. The fourth-order valence-corrected chi connectivity index (χ4v) is 5.36. The van der Waals surface area contributed by atoms with Crippen LogP contribution in [-0.2, 0) is 13.0 Å². The van der Waals surface area contributed by atoms with Gasteiger partial charge in [-0.1, -0.05) is 42.5 Å². The number of thiazole rings is 1. The van der Waals surface area contributed by atoms with Crippen molar-refractivity contribution in [2.45, 2.75) is 19.4 Å². The zero-order chi connectivity index (χ0) is 22.1. The summed E-state index contributed by atoms with van der Waals surface area (Å²) in [5, 5.41) is 28.8. The van der Waals surface area contributed by atoms with Gasteiger partial charge in [0, 0.05) is 25.5 Å². The third-order valence-electron chi connectivity index (χ3n) is 5.63. The molecule has 158 valence electrons. The molecule has 0 saturated heterocycles. The zero-order valence-electron chi connectivity index (χ0n) is 17.3. The monoisotopic (exact) mass is 439 g/mol. The van der Waals surface area contributed by atoms with E-state index < -0.39 is 0 Å². The quantitative estimate of drug-likeness (QED) is 0.412. The van der Waals surface area contributed by atoms with Gasteiger partial charge in [-0.2, -0.15) is 5.26 Å². The smallest absolute Gasteiger partial charge is 0.144 e. The largest absolute Gasteiger partial charge is 0.396 e. The lowest BCUT2D eigenvalue weighted by Crippen LogP contribution is -2.21. The van der Waals surface area contributed by atoms with Gasteiger partial charge in [0.25, 0.3) is 0 Å². The van der Waals surface area contributed by atoms with Crippen molar-refractivity contribution in [2.75, 3.05) is 6.61 Å². The van der Waals surface area contributed by atoms with Gasteiger partial charge >= 0.3 is 0 Å². The molecule has 0 aliphatic heterocycles. The highest BCUT2D eigenvalue weighted by Gasteiger charge is 2.23. The molecular formula is C25H21N5OS. The second kappa shape index (κ2) is 8.42. The van der Waals surface area contributed by atoms with Gasteiger partial charge in [0.15, 0.2) is 0 Å². The van der Waals surface area contributed by atoms with Crippen LogP contribution in [0.15, 0.2) is 67.0 Å². The fraction of sp³-hybridized carbons (Fsp3) is 0.160. The van der Waals surface area contributed by atoms with Crippen LogP contribution in [0.2, 0.25) is 0 Å². The minimum atomic E-state index is 0.0215. The number of aliphatic hydroxyl groups is 1. The standard InChI is InChI=1S/C25H21N5OS/c26-15-19-18(9-6-14-31)22(23(27)30-20-10-4-5-11-21(20)32-25(19)30)24-28-12-13-29(24)16-17-7-2-1-3-8-17/h1-5,7-8,10-13,27,31H,6,9,14,16H2. The van der Waals surface area contributed by atoms with Crippen molar-refractivity contribution in [3.63, 3.8) is 0 Å². The molecule has 0 unspecified atom stereocenters. The Hall–Kier alpha value is -3.73. The molecule has 0 atom stereocenters. The molecule has 2 N–H and O–H groups in total. The van der Waals surface area contributed by atoms with Crippen LogP contribution in [-0.4, -0.2) is 25.7 Å². The molecule has 5 aromatic rings. The molecule has 3 aromatic heterocycles. The maximum Gasteiger partial charge on any atom is 0.144 e. The second-order valence-corrected chi connectivity index (χ2v) is 8.62. The van der Waals surface area contributed by atoms with Crippen LogP contribution < -0.4 is 5.49 Å². The van der Waals surface area contributed by atoms with Crippen molar-refractivity contribution in [2.24, 2.45) is 0 Å². The first kappa shape index (κ1) is 20.2. The predicted octanol–water partition coefficient (Wildman–Crippen LogP) is 4.34. The van der Waals surface area contributed by atoms with Gasteiger partial charge in [0.05, 0.1) is 21.3 Å².